The van der Waals surface area contributed by atoms with Crippen molar-refractivity contribution >= 4 is 11.9 Å². The summed E-state index contributed by atoms with van der Waals surface area (Å²) in [5, 5.41) is 11.9. The van der Waals surface area contributed by atoms with Crippen molar-refractivity contribution in [1.82, 2.24) is 5.32 Å². The Bertz CT molecular complexity index is 739. The van der Waals surface area contributed by atoms with E-state index in [1.165, 1.54) is 0 Å². The molecule has 1 aliphatic heterocycles. The summed E-state index contributed by atoms with van der Waals surface area (Å²) >= 11 is 0. The van der Waals surface area contributed by atoms with Crippen molar-refractivity contribution in [2.75, 3.05) is 13.2 Å². The Morgan fingerprint density at radius 1 is 1.12 bits per heavy atom. The monoisotopic (exact) mass is 325 g/mol. The molecule has 3 rings (SSSR count). The van der Waals surface area contributed by atoms with E-state index in [2.05, 4.69) is 5.32 Å². The number of carboxylic acids is 1. The number of fused-ring (bicyclic) bond motifs is 1. The van der Waals surface area contributed by atoms with Crippen LogP contribution in [0, 0.1) is 0 Å². The zero-order valence-electron chi connectivity index (χ0n) is 13.2. The Balaban J connectivity index is 1.56. The lowest BCUT2D eigenvalue weighted by atomic mass is 9.92. The highest BCUT2D eigenvalue weighted by molar-refractivity contribution is 5.87. The van der Waals surface area contributed by atoms with E-state index in [0.717, 1.165) is 16.9 Å². The summed E-state index contributed by atoms with van der Waals surface area (Å²) in [5.74, 6) is -0.321. The first-order valence-electron chi connectivity index (χ1n) is 7.97. The third-order valence-electron chi connectivity index (χ3n) is 4.19. The Labute approximate surface area is 140 Å². The molecule has 5 nitrogen and oxygen atoms in total. The van der Waals surface area contributed by atoms with Crippen LogP contribution in [-0.2, 0) is 11.2 Å². The Kier molecular flexibility index (Phi) is 4.79. The predicted octanol–water partition coefficient (Wildman–Crippen LogP) is 2.61. The minimum atomic E-state index is -0.937. The number of carbonyl (C=O) groups is 2. The molecule has 0 saturated carbocycles. The van der Waals surface area contributed by atoms with Crippen molar-refractivity contribution in [3.05, 3.63) is 65.2 Å². The number of carboxylic acid groups (broad SMARTS) is 1. The molecule has 0 spiro atoms. The molecule has 0 fully saturated rings. The van der Waals surface area contributed by atoms with E-state index in [4.69, 9.17) is 9.84 Å². The van der Waals surface area contributed by atoms with Crippen LogP contribution in [0.15, 0.2) is 48.5 Å². The molecule has 0 saturated heterocycles. The van der Waals surface area contributed by atoms with E-state index in [1.807, 2.05) is 24.3 Å². The lowest BCUT2D eigenvalue weighted by Crippen LogP contribution is -2.33. The van der Waals surface area contributed by atoms with Gasteiger partial charge in [0.05, 0.1) is 18.1 Å². The van der Waals surface area contributed by atoms with Crippen LogP contribution in [-0.4, -0.2) is 30.1 Å². The van der Waals surface area contributed by atoms with Gasteiger partial charge in [-0.3, -0.25) is 4.79 Å². The molecule has 0 unspecified atom stereocenters. The van der Waals surface area contributed by atoms with Crippen LogP contribution in [0.2, 0.25) is 0 Å². The maximum Gasteiger partial charge on any atom is 0.335 e. The molecule has 1 aliphatic rings. The highest BCUT2D eigenvalue weighted by Gasteiger charge is 2.26. The smallest absolute Gasteiger partial charge is 0.335 e. The highest BCUT2D eigenvalue weighted by Crippen LogP contribution is 2.33. The molecule has 1 heterocycles. The number of para-hydroxylation sites is 1. The molecule has 2 aromatic rings. The molecule has 5 heteroatoms. The van der Waals surface area contributed by atoms with Gasteiger partial charge in [-0.15, -0.1) is 0 Å². The van der Waals surface area contributed by atoms with Gasteiger partial charge in [-0.05, 0) is 36.6 Å². The molecule has 0 bridgehead atoms. The van der Waals surface area contributed by atoms with E-state index >= 15 is 0 Å². The van der Waals surface area contributed by atoms with E-state index in [0.29, 0.717) is 26.0 Å². The van der Waals surface area contributed by atoms with Gasteiger partial charge in [0.25, 0.3) is 0 Å². The average Bonchev–Trinajstić information content (AvgIpc) is 2.61. The second-order valence-corrected chi connectivity index (χ2v) is 5.77. The molecule has 124 valence electrons. The highest BCUT2D eigenvalue weighted by atomic mass is 16.5. The largest absolute Gasteiger partial charge is 0.493 e. The number of ether oxygens (including phenoxy) is 1. The van der Waals surface area contributed by atoms with Gasteiger partial charge in [0.1, 0.15) is 5.75 Å². The number of hydrogen-bond donors (Lipinski definition) is 2. The number of rotatable bonds is 5. The lowest BCUT2D eigenvalue weighted by molar-refractivity contribution is -0.123. The van der Waals surface area contributed by atoms with Gasteiger partial charge < -0.3 is 15.2 Å². The minimum Gasteiger partial charge on any atom is -0.493 e. The summed E-state index contributed by atoms with van der Waals surface area (Å²) in [4.78, 5) is 23.3. The molecule has 1 atom stereocenters. The summed E-state index contributed by atoms with van der Waals surface area (Å²) < 4.78 is 5.58. The van der Waals surface area contributed by atoms with Crippen LogP contribution >= 0.6 is 0 Å². The number of benzene rings is 2. The van der Waals surface area contributed by atoms with Gasteiger partial charge >= 0.3 is 5.97 Å². The first-order valence-corrected chi connectivity index (χ1v) is 7.97. The first-order chi connectivity index (χ1) is 11.6. The average molecular weight is 325 g/mol. The van der Waals surface area contributed by atoms with Gasteiger partial charge in [-0.25, -0.2) is 4.79 Å². The topological polar surface area (TPSA) is 75.6 Å². The van der Waals surface area contributed by atoms with E-state index < -0.39 is 5.97 Å². The molecule has 0 aliphatic carbocycles. The first kappa shape index (κ1) is 16.1. The zero-order chi connectivity index (χ0) is 16.9. The van der Waals surface area contributed by atoms with Gasteiger partial charge in [0, 0.05) is 12.1 Å². The summed E-state index contributed by atoms with van der Waals surface area (Å²) in [6, 6.07) is 14.3. The second kappa shape index (κ2) is 7.17. The van der Waals surface area contributed by atoms with Crippen LogP contribution in [0.3, 0.4) is 0 Å². The molecule has 0 radical (unpaired) electrons. The standard InChI is InChI=1S/C19H19NO4/c21-18(16-10-12-24-17-4-2-1-3-15(16)17)20-11-9-13-5-7-14(8-6-13)19(22)23/h1-8,16H,9-12H2,(H,20,21)(H,22,23)/t16-/m0/s1. The minimum absolute atomic E-state index is 0.00732. The summed E-state index contributed by atoms with van der Waals surface area (Å²) in [6.45, 7) is 1.07. The third-order valence-corrected chi connectivity index (χ3v) is 4.19. The molecule has 24 heavy (non-hydrogen) atoms. The lowest BCUT2D eigenvalue weighted by Gasteiger charge is -2.25. The van der Waals surface area contributed by atoms with Crippen molar-refractivity contribution in [2.24, 2.45) is 0 Å². The van der Waals surface area contributed by atoms with Crippen LogP contribution in [0.5, 0.6) is 5.75 Å². The normalized spacial score (nSPS) is 15.9. The fourth-order valence-electron chi connectivity index (χ4n) is 2.88. The van der Waals surface area contributed by atoms with Gasteiger partial charge in [0.2, 0.25) is 5.91 Å². The second-order valence-electron chi connectivity index (χ2n) is 5.77. The number of carbonyl (C=O) groups excluding carboxylic acids is 1. The molecule has 1 amide bonds. The fraction of sp³-hybridized carbons (Fsp3) is 0.263. The van der Waals surface area contributed by atoms with E-state index in [9.17, 15) is 9.59 Å². The summed E-state index contributed by atoms with van der Waals surface area (Å²) in [7, 11) is 0. The van der Waals surface area contributed by atoms with Gasteiger partial charge in [0.15, 0.2) is 0 Å². The number of hydrogen-bond acceptors (Lipinski definition) is 3. The van der Waals surface area contributed by atoms with E-state index in [1.54, 1.807) is 24.3 Å². The predicted molar refractivity (Wildman–Crippen MR) is 89.4 cm³/mol. The maximum atomic E-state index is 12.5. The maximum absolute atomic E-state index is 12.5. The number of aromatic carboxylic acids is 1. The Morgan fingerprint density at radius 2 is 1.88 bits per heavy atom. The van der Waals surface area contributed by atoms with Crippen LogP contribution in [0.1, 0.15) is 33.8 Å². The molecular weight excluding hydrogens is 306 g/mol. The molecule has 0 aromatic heterocycles. The summed E-state index contributed by atoms with van der Waals surface area (Å²) in [5.41, 5.74) is 2.20. The fourth-order valence-corrected chi connectivity index (χ4v) is 2.88. The van der Waals surface area contributed by atoms with Gasteiger partial charge in [-0.2, -0.15) is 0 Å². The molecular formula is C19H19NO4. The van der Waals surface area contributed by atoms with Gasteiger partial charge in [-0.1, -0.05) is 30.3 Å². The van der Waals surface area contributed by atoms with Crippen molar-refractivity contribution in [2.45, 2.75) is 18.8 Å². The Hall–Kier alpha value is -2.82. The van der Waals surface area contributed by atoms with Crippen LogP contribution < -0.4 is 10.1 Å². The van der Waals surface area contributed by atoms with Crippen molar-refractivity contribution < 1.29 is 19.4 Å². The zero-order valence-corrected chi connectivity index (χ0v) is 13.2. The molecule has 2 N–H and O–H groups in total. The SMILES string of the molecule is O=C(O)c1ccc(CCNC(=O)[C@H]2CCOc3ccccc32)cc1. The summed E-state index contributed by atoms with van der Waals surface area (Å²) in [6.07, 6.45) is 1.34. The van der Waals surface area contributed by atoms with Crippen LogP contribution in [0.25, 0.3) is 0 Å². The number of amides is 1. The molecule has 2 aromatic carbocycles. The van der Waals surface area contributed by atoms with Crippen molar-refractivity contribution in [3.8, 4) is 5.75 Å². The third kappa shape index (κ3) is 3.56. The van der Waals surface area contributed by atoms with E-state index in [-0.39, 0.29) is 17.4 Å². The van der Waals surface area contributed by atoms with Crippen molar-refractivity contribution in [1.29, 1.82) is 0 Å². The number of nitrogens with one attached hydrogen (secondary N) is 1. The Morgan fingerprint density at radius 3 is 2.62 bits per heavy atom. The van der Waals surface area contributed by atoms with Crippen molar-refractivity contribution in [3.63, 3.8) is 0 Å². The van der Waals surface area contributed by atoms with Crippen LogP contribution in [0.4, 0.5) is 0 Å². The quantitative estimate of drug-likeness (QED) is 0.886.